The molecule has 2 rings (SSSR count). The van der Waals surface area contributed by atoms with Gasteiger partial charge in [-0.05, 0) is 43.4 Å². The monoisotopic (exact) mass is 319 g/mol. The van der Waals surface area contributed by atoms with E-state index in [4.69, 9.17) is 9.47 Å². The van der Waals surface area contributed by atoms with E-state index in [0.29, 0.717) is 25.5 Å². The maximum absolute atomic E-state index is 12.0. The lowest BCUT2D eigenvalue weighted by molar-refractivity contribution is -0.122. The van der Waals surface area contributed by atoms with Crippen molar-refractivity contribution >= 4 is 5.91 Å². The lowest BCUT2D eigenvalue weighted by Crippen LogP contribution is -2.44. The van der Waals surface area contributed by atoms with Crippen molar-refractivity contribution in [1.82, 2.24) is 5.32 Å². The van der Waals surface area contributed by atoms with Gasteiger partial charge >= 0.3 is 0 Å². The van der Waals surface area contributed by atoms with Crippen LogP contribution in [0.2, 0.25) is 0 Å². The second kappa shape index (κ2) is 8.34. The summed E-state index contributed by atoms with van der Waals surface area (Å²) in [6, 6.07) is 8.30. The predicted molar refractivity (Wildman–Crippen MR) is 91.8 cm³/mol. The molecule has 1 fully saturated rings. The molecule has 0 radical (unpaired) electrons. The largest absolute Gasteiger partial charge is 0.494 e. The van der Waals surface area contributed by atoms with Crippen LogP contribution in [-0.2, 0) is 14.9 Å². The van der Waals surface area contributed by atoms with Crippen molar-refractivity contribution in [1.29, 1.82) is 0 Å². The molecule has 1 aliphatic rings. The van der Waals surface area contributed by atoms with Crippen LogP contribution in [0, 0.1) is 5.92 Å². The van der Waals surface area contributed by atoms with Gasteiger partial charge in [0.25, 0.3) is 0 Å². The third kappa shape index (κ3) is 4.96. The van der Waals surface area contributed by atoms with Gasteiger partial charge in [-0.1, -0.05) is 26.0 Å². The van der Waals surface area contributed by atoms with Gasteiger partial charge in [-0.2, -0.15) is 0 Å². The first-order chi connectivity index (χ1) is 11.1. The van der Waals surface area contributed by atoms with Crippen molar-refractivity contribution < 1.29 is 14.3 Å². The lowest BCUT2D eigenvalue weighted by atomic mass is 9.74. The van der Waals surface area contributed by atoms with E-state index in [2.05, 4.69) is 31.3 Å². The summed E-state index contributed by atoms with van der Waals surface area (Å²) in [5.74, 6) is 1.41. The highest BCUT2D eigenvalue weighted by Crippen LogP contribution is 2.35. The third-order valence-electron chi connectivity index (χ3n) is 4.45. The van der Waals surface area contributed by atoms with Crippen molar-refractivity contribution in [2.45, 2.75) is 45.4 Å². The second-order valence-electron chi connectivity index (χ2n) is 6.72. The number of ether oxygens (including phenoxy) is 2. The molecule has 4 heteroatoms. The van der Waals surface area contributed by atoms with Gasteiger partial charge in [0.1, 0.15) is 5.75 Å². The summed E-state index contributed by atoms with van der Waals surface area (Å²) in [6.07, 6.45) is 2.45. The van der Waals surface area contributed by atoms with E-state index < -0.39 is 0 Å². The molecule has 1 aromatic carbocycles. The quantitative estimate of drug-likeness (QED) is 0.839. The predicted octanol–water partition coefficient (Wildman–Crippen LogP) is 3.30. The van der Waals surface area contributed by atoms with Crippen molar-refractivity contribution in [3.8, 4) is 5.75 Å². The van der Waals surface area contributed by atoms with E-state index in [0.717, 1.165) is 31.8 Å². The highest BCUT2D eigenvalue weighted by molar-refractivity contribution is 5.76. The topological polar surface area (TPSA) is 47.6 Å². The van der Waals surface area contributed by atoms with Crippen LogP contribution >= 0.6 is 0 Å². The Morgan fingerprint density at radius 2 is 1.91 bits per heavy atom. The number of carbonyl (C=O) groups excluding carboxylic acids is 1. The fourth-order valence-corrected chi connectivity index (χ4v) is 3.11. The minimum absolute atomic E-state index is 0.0321. The molecule has 0 atom stereocenters. The Morgan fingerprint density at radius 1 is 1.26 bits per heavy atom. The van der Waals surface area contributed by atoms with Crippen LogP contribution in [0.4, 0.5) is 0 Å². The second-order valence-corrected chi connectivity index (χ2v) is 6.72. The Kier molecular flexibility index (Phi) is 6.46. The summed E-state index contributed by atoms with van der Waals surface area (Å²) in [5.41, 5.74) is 1.23. The van der Waals surface area contributed by atoms with Crippen LogP contribution in [0.3, 0.4) is 0 Å². The molecule has 1 heterocycles. The fourth-order valence-electron chi connectivity index (χ4n) is 3.11. The molecule has 0 saturated carbocycles. The van der Waals surface area contributed by atoms with Crippen LogP contribution in [0.25, 0.3) is 0 Å². The Bertz CT molecular complexity index is 490. The molecular formula is C19H29NO3. The lowest BCUT2D eigenvalue weighted by Gasteiger charge is -2.38. The van der Waals surface area contributed by atoms with Gasteiger partial charge < -0.3 is 14.8 Å². The molecule has 23 heavy (non-hydrogen) atoms. The highest BCUT2D eigenvalue weighted by Gasteiger charge is 2.34. The van der Waals surface area contributed by atoms with Crippen molar-refractivity contribution in [3.05, 3.63) is 29.8 Å². The van der Waals surface area contributed by atoms with E-state index in [1.54, 1.807) is 0 Å². The minimum atomic E-state index is -0.0321. The maximum Gasteiger partial charge on any atom is 0.220 e. The Morgan fingerprint density at radius 3 is 2.48 bits per heavy atom. The molecule has 0 aromatic heterocycles. The Balaban J connectivity index is 2.10. The van der Waals surface area contributed by atoms with E-state index >= 15 is 0 Å². The molecule has 0 unspecified atom stereocenters. The van der Waals surface area contributed by atoms with Crippen LogP contribution in [-0.4, -0.2) is 32.3 Å². The number of hydrogen-bond acceptors (Lipinski definition) is 3. The molecule has 4 nitrogen and oxygen atoms in total. The molecule has 1 saturated heterocycles. The van der Waals surface area contributed by atoms with E-state index in [1.807, 2.05) is 19.1 Å². The van der Waals surface area contributed by atoms with E-state index in [-0.39, 0.29) is 11.3 Å². The molecule has 1 N–H and O–H groups in total. The summed E-state index contributed by atoms with van der Waals surface area (Å²) >= 11 is 0. The average Bonchev–Trinajstić information content (AvgIpc) is 2.54. The first kappa shape index (κ1) is 17.8. The van der Waals surface area contributed by atoms with Gasteiger partial charge in [0.15, 0.2) is 0 Å². The van der Waals surface area contributed by atoms with Gasteiger partial charge in [-0.15, -0.1) is 0 Å². The number of benzene rings is 1. The smallest absolute Gasteiger partial charge is 0.220 e. The van der Waals surface area contributed by atoms with Crippen LogP contribution in [0.1, 0.15) is 45.6 Å². The Labute approximate surface area is 139 Å². The summed E-state index contributed by atoms with van der Waals surface area (Å²) in [6.45, 7) is 8.95. The fraction of sp³-hybridized carbons (Fsp3) is 0.632. The van der Waals surface area contributed by atoms with Crippen LogP contribution < -0.4 is 10.1 Å². The summed E-state index contributed by atoms with van der Waals surface area (Å²) in [4.78, 5) is 12.0. The maximum atomic E-state index is 12.0. The SMILES string of the molecule is CCOc1ccc(C2(CNC(=O)CC(C)C)CCOCC2)cc1. The number of hydrogen-bond donors (Lipinski definition) is 1. The molecule has 0 spiro atoms. The zero-order chi connectivity index (χ0) is 16.7. The molecular weight excluding hydrogens is 290 g/mol. The standard InChI is InChI=1S/C19H29NO3/c1-4-23-17-7-5-16(6-8-17)19(9-11-22-12-10-19)14-20-18(21)13-15(2)3/h5-8,15H,4,9-14H2,1-3H3,(H,20,21). The first-order valence-electron chi connectivity index (χ1n) is 8.63. The summed E-state index contributed by atoms with van der Waals surface area (Å²) in [5, 5.41) is 3.14. The van der Waals surface area contributed by atoms with Crippen LogP contribution in [0.15, 0.2) is 24.3 Å². The highest BCUT2D eigenvalue weighted by atomic mass is 16.5. The molecule has 1 aromatic rings. The molecule has 128 valence electrons. The van der Waals surface area contributed by atoms with E-state index in [1.165, 1.54) is 5.56 Å². The van der Waals surface area contributed by atoms with Crippen molar-refractivity contribution in [2.75, 3.05) is 26.4 Å². The van der Waals surface area contributed by atoms with Gasteiger partial charge in [0, 0.05) is 31.6 Å². The number of rotatable bonds is 7. The number of amides is 1. The van der Waals surface area contributed by atoms with E-state index in [9.17, 15) is 4.79 Å². The van der Waals surface area contributed by atoms with Gasteiger partial charge in [0.2, 0.25) is 5.91 Å². The molecule has 0 aliphatic carbocycles. The molecule has 0 bridgehead atoms. The van der Waals surface area contributed by atoms with Crippen molar-refractivity contribution in [2.24, 2.45) is 5.92 Å². The first-order valence-corrected chi connectivity index (χ1v) is 8.63. The number of carbonyl (C=O) groups is 1. The normalized spacial score (nSPS) is 17.0. The zero-order valence-corrected chi connectivity index (χ0v) is 14.6. The van der Waals surface area contributed by atoms with Gasteiger partial charge in [-0.3, -0.25) is 4.79 Å². The van der Waals surface area contributed by atoms with Gasteiger partial charge in [-0.25, -0.2) is 0 Å². The average molecular weight is 319 g/mol. The number of nitrogens with one attached hydrogen (secondary N) is 1. The summed E-state index contributed by atoms with van der Waals surface area (Å²) in [7, 11) is 0. The van der Waals surface area contributed by atoms with Gasteiger partial charge in [0.05, 0.1) is 6.61 Å². The minimum Gasteiger partial charge on any atom is -0.494 e. The van der Waals surface area contributed by atoms with Crippen molar-refractivity contribution in [3.63, 3.8) is 0 Å². The zero-order valence-electron chi connectivity index (χ0n) is 14.6. The molecule has 1 amide bonds. The summed E-state index contributed by atoms with van der Waals surface area (Å²) < 4.78 is 11.1. The Hall–Kier alpha value is -1.55. The third-order valence-corrected chi connectivity index (χ3v) is 4.45. The molecule has 1 aliphatic heterocycles. The van der Waals surface area contributed by atoms with Crippen LogP contribution in [0.5, 0.6) is 5.75 Å².